The van der Waals surface area contributed by atoms with Gasteiger partial charge in [0.25, 0.3) is 5.56 Å². The molecular formula is C25H37N5O2. The van der Waals surface area contributed by atoms with Gasteiger partial charge in [0.1, 0.15) is 6.54 Å². The zero-order valence-electron chi connectivity index (χ0n) is 20.1. The Morgan fingerprint density at radius 1 is 1.25 bits per heavy atom. The molecule has 1 aliphatic rings. The van der Waals surface area contributed by atoms with Crippen LogP contribution in [0, 0.1) is 5.92 Å². The Labute approximate surface area is 191 Å². The van der Waals surface area contributed by atoms with Crippen molar-refractivity contribution in [3.63, 3.8) is 0 Å². The van der Waals surface area contributed by atoms with Crippen LogP contribution in [0.25, 0.3) is 11.3 Å². The van der Waals surface area contributed by atoms with Crippen LogP contribution in [0.2, 0.25) is 0 Å². The predicted molar refractivity (Wildman–Crippen MR) is 130 cm³/mol. The zero-order valence-corrected chi connectivity index (χ0v) is 20.1. The summed E-state index contributed by atoms with van der Waals surface area (Å²) >= 11 is 0. The van der Waals surface area contributed by atoms with Crippen molar-refractivity contribution in [2.75, 3.05) is 38.6 Å². The standard InChI is InChI=1S/C25H37N5O2/c1-6-19-8-7-9-21(14-19)22-15-26-24(25(32)30(22)17-23(31)27-18(2)3)29-12-10-20(11-13-29)16-28(4)5/h7-9,14-15,18,20H,6,10-13,16-17H2,1-5H3,(H,27,31). The molecule has 7 nitrogen and oxygen atoms in total. The minimum Gasteiger partial charge on any atom is -0.352 e. The summed E-state index contributed by atoms with van der Waals surface area (Å²) in [6.07, 6.45) is 4.72. The first-order valence-corrected chi connectivity index (χ1v) is 11.7. The van der Waals surface area contributed by atoms with Crippen LogP contribution in [0.5, 0.6) is 0 Å². The molecule has 2 heterocycles. The highest BCUT2D eigenvalue weighted by Gasteiger charge is 2.24. The Bertz CT molecular complexity index is 975. The normalized spacial score (nSPS) is 14.9. The predicted octanol–water partition coefficient (Wildman–Crippen LogP) is 2.78. The smallest absolute Gasteiger partial charge is 0.294 e. The number of benzene rings is 1. The molecule has 2 aromatic rings. The molecular weight excluding hydrogens is 402 g/mol. The summed E-state index contributed by atoms with van der Waals surface area (Å²) < 4.78 is 1.58. The van der Waals surface area contributed by atoms with Crippen LogP contribution in [0.1, 0.15) is 39.2 Å². The molecule has 1 N–H and O–H groups in total. The fourth-order valence-corrected chi connectivity index (χ4v) is 4.39. The summed E-state index contributed by atoms with van der Waals surface area (Å²) in [7, 11) is 4.20. The Hall–Kier alpha value is -2.67. The van der Waals surface area contributed by atoms with Gasteiger partial charge in [-0.05, 0) is 64.8 Å². The third kappa shape index (κ3) is 5.97. The fourth-order valence-electron chi connectivity index (χ4n) is 4.39. The van der Waals surface area contributed by atoms with E-state index in [0.29, 0.717) is 17.4 Å². The monoisotopic (exact) mass is 439 g/mol. The fraction of sp³-hybridized carbons (Fsp3) is 0.560. The van der Waals surface area contributed by atoms with E-state index < -0.39 is 0 Å². The molecule has 32 heavy (non-hydrogen) atoms. The molecule has 1 saturated heterocycles. The van der Waals surface area contributed by atoms with Gasteiger partial charge in [-0.1, -0.05) is 25.1 Å². The van der Waals surface area contributed by atoms with E-state index in [1.807, 2.05) is 26.0 Å². The van der Waals surface area contributed by atoms with Crippen LogP contribution in [0.3, 0.4) is 0 Å². The second kappa shape index (κ2) is 10.8. The lowest BCUT2D eigenvalue weighted by Crippen LogP contribution is -2.42. The number of hydrogen-bond acceptors (Lipinski definition) is 5. The summed E-state index contributed by atoms with van der Waals surface area (Å²) in [6, 6.07) is 8.11. The highest BCUT2D eigenvalue weighted by atomic mass is 16.2. The molecule has 0 atom stereocenters. The number of nitrogens with zero attached hydrogens (tertiary/aromatic N) is 4. The van der Waals surface area contributed by atoms with E-state index in [1.165, 1.54) is 5.56 Å². The summed E-state index contributed by atoms with van der Waals surface area (Å²) in [5.41, 5.74) is 2.56. The number of nitrogens with one attached hydrogen (secondary N) is 1. The molecule has 1 aromatic heterocycles. The number of hydrogen-bond donors (Lipinski definition) is 1. The number of piperidine rings is 1. The second-order valence-electron chi connectivity index (χ2n) is 9.33. The lowest BCUT2D eigenvalue weighted by Gasteiger charge is -2.33. The van der Waals surface area contributed by atoms with Crippen molar-refractivity contribution >= 4 is 11.7 Å². The molecule has 1 aliphatic heterocycles. The summed E-state index contributed by atoms with van der Waals surface area (Å²) in [6.45, 7) is 8.60. The van der Waals surface area contributed by atoms with Crippen molar-refractivity contribution in [3.05, 3.63) is 46.4 Å². The highest BCUT2D eigenvalue weighted by Crippen LogP contribution is 2.23. The van der Waals surface area contributed by atoms with Crippen molar-refractivity contribution in [1.82, 2.24) is 19.8 Å². The average Bonchev–Trinajstić information content (AvgIpc) is 2.75. The molecule has 0 saturated carbocycles. The van der Waals surface area contributed by atoms with Gasteiger partial charge in [-0.25, -0.2) is 4.98 Å². The number of carbonyl (C=O) groups excluding carboxylic acids is 1. The van der Waals surface area contributed by atoms with Crippen molar-refractivity contribution < 1.29 is 4.79 Å². The van der Waals surface area contributed by atoms with Crippen LogP contribution in [0.4, 0.5) is 5.82 Å². The van der Waals surface area contributed by atoms with E-state index in [2.05, 4.69) is 53.3 Å². The van der Waals surface area contributed by atoms with Crippen LogP contribution in [-0.2, 0) is 17.8 Å². The Kier molecular flexibility index (Phi) is 8.07. The van der Waals surface area contributed by atoms with Gasteiger partial charge in [-0.3, -0.25) is 14.2 Å². The third-order valence-electron chi connectivity index (χ3n) is 5.96. The number of anilines is 1. The van der Waals surface area contributed by atoms with Crippen molar-refractivity contribution in [2.24, 2.45) is 5.92 Å². The topological polar surface area (TPSA) is 70.5 Å². The van der Waals surface area contributed by atoms with Crippen molar-refractivity contribution in [1.29, 1.82) is 0 Å². The molecule has 0 unspecified atom stereocenters. The molecule has 0 aliphatic carbocycles. The number of rotatable bonds is 8. The maximum absolute atomic E-state index is 13.6. The molecule has 1 aromatic carbocycles. The quantitative estimate of drug-likeness (QED) is 0.685. The maximum Gasteiger partial charge on any atom is 0.294 e. The Morgan fingerprint density at radius 2 is 1.97 bits per heavy atom. The number of aromatic nitrogens is 2. The van der Waals surface area contributed by atoms with E-state index >= 15 is 0 Å². The van der Waals surface area contributed by atoms with Gasteiger partial charge in [0.15, 0.2) is 5.82 Å². The number of amides is 1. The van der Waals surface area contributed by atoms with Gasteiger partial charge >= 0.3 is 0 Å². The lowest BCUT2D eigenvalue weighted by atomic mass is 9.96. The van der Waals surface area contributed by atoms with Gasteiger partial charge in [-0.2, -0.15) is 0 Å². The SMILES string of the molecule is CCc1cccc(-c2cnc(N3CCC(CN(C)C)CC3)c(=O)n2CC(=O)NC(C)C)c1. The van der Waals surface area contributed by atoms with Crippen molar-refractivity contribution in [2.45, 2.75) is 52.6 Å². The van der Waals surface area contributed by atoms with E-state index in [0.717, 1.165) is 44.5 Å². The molecule has 7 heteroatoms. The second-order valence-corrected chi connectivity index (χ2v) is 9.33. The van der Waals surface area contributed by atoms with Crippen LogP contribution < -0.4 is 15.8 Å². The van der Waals surface area contributed by atoms with Gasteiger partial charge in [-0.15, -0.1) is 0 Å². The van der Waals surface area contributed by atoms with Gasteiger partial charge in [0, 0.05) is 31.2 Å². The van der Waals surface area contributed by atoms with Gasteiger partial charge in [0.2, 0.25) is 5.91 Å². The number of carbonyl (C=O) groups is 1. The van der Waals surface area contributed by atoms with Crippen LogP contribution in [0.15, 0.2) is 35.3 Å². The maximum atomic E-state index is 13.6. The Morgan fingerprint density at radius 3 is 2.59 bits per heavy atom. The van der Waals surface area contributed by atoms with E-state index in [-0.39, 0.29) is 24.1 Å². The van der Waals surface area contributed by atoms with Crippen LogP contribution >= 0.6 is 0 Å². The molecule has 0 spiro atoms. The molecule has 1 fully saturated rings. The highest BCUT2D eigenvalue weighted by molar-refractivity contribution is 5.77. The molecule has 3 rings (SSSR count). The largest absolute Gasteiger partial charge is 0.352 e. The molecule has 0 radical (unpaired) electrons. The summed E-state index contributed by atoms with van der Waals surface area (Å²) in [5, 5.41) is 2.91. The van der Waals surface area contributed by atoms with Crippen molar-refractivity contribution in [3.8, 4) is 11.3 Å². The molecule has 1 amide bonds. The minimum atomic E-state index is -0.200. The number of aryl methyl sites for hydroxylation is 1. The van der Waals surface area contributed by atoms with E-state index in [4.69, 9.17) is 0 Å². The summed E-state index contributed by atoms with van der Waals surface area (Å²) in [5.74, 6) is 0.911. The molecule has 0 bridgehead atoms. The molecule has 174 valence electrons. The van der Waals surface area contributed by atoms with E-state index in [1.54, 1.807) is 10.8 Å². The minimum absolute atomic E-state index is 0.0158. The van der Waals surface area contributed by atoms with Gasteiger partial charge in [0.05, 0.1) is 11.9 Å². The first kappa shape index (κ1) is 24.0. The Balaban J connectivity index is 1.94. The zero-order chi connectivity index (χ0) is 23.3. The first-order chi connectivity index (χ1) is 15.3. The average molecular weight is 440 g/mol. The van der Waals surface area contributed by atoms with Gasteiger partial charge < -0.3 is 15.1 Å². The van der Waals surface area contributed by atoms with Crippen LogP contribution in [-0.4, -0.2) is 60.1 Å². The third-order valence-corrected chi connectivity index (χ3v) is 5.96. The summed E-state index contributed by atoms with van der Waals surface area (Å²) in [4.78, 5) is 35.1. The lowest BCUT2D eigenvalue weighted by molar-refractivity contribution is -0.122. The van der Waals surface area contributed by atoms with E-state index in [9.17, 15) is 9.59 Å². The first-order valence-electron chi connectivity index (χ1n) is 11.7.